The van der Waals surface area contributed by atoms with E-state index in [0.717, 1.165) is 11.3 Å². The van der Waals surface area contributed by atoms with Crippen molar-refractivity contribution in [2.75, 3.05) is 11.9 Å². The Balaban J connectivity index is 2.73. The zero-order valence-electron chi connectivity index (χ0n) is 7.58. The van der Waals surface area contributed by atoms with Crippen LogP contribution in [0.5, 0.6) is 0 Å². The standard InChI is InChI=1S/C10H13NO2/c1-8(13)11-10-4-2-3-9(7-10)5-6-12/h2-4,7,12H,5-6H2,1H3,(H,11,13). The maximum absolute atomic E-state index is 10.7. The summed E-state index contributed by atoms with van der Waals surface area (Å²) in [5.41, 5.74) is 1.80. The zero-order valence-corrected chi connectivity index (χ0v) is 7.58. The first-order valence-corrected chi connectivity index (χ1v) is 4.20. The van der Waals surface area contributed by atoms with Crippen LogP contribution < -0.4 is 5.32 Å². The minimum absolute atomic E-state index is 0.0823. The molecule has 0 radical (unpaired) electrons. The second-order valence-electron chi connectivity index (χ2n) is 2.86. The molecule has 1 aromatic rings. The van der Waals surface area contributed by atoms with Crippen LogP contribution in [0.4, 0.5) is 5.69 Å². The summed E-state index contributed by atoms with van der Waals surface area (Å²) in [5.74, 6) is -0.0823. The Bertz CT molecular complexity index is 297. The van der Waals surface area contributed by atoms with Crippen molar-refractivity contribution in [2.45, 2.75) is 13.3 Å². The van der Waals surface area contributed by atoms with Crippen molar-refractivity contribution in [1.82, 2.24) is 0 Å². The summed E-state index contributed by atoms with van der Waals surface area (Å²) in [6.45, 7) is 1.60. The van der Waals surface area contributed by atoms with Crippen molar-refractivity contribution in [3.05, 3.63) is 29.8 Å². The van der Waals surface area contributed by atoms with Gasteiger partial charge in [-0.05, 0) is 24.1 Å². The molecule has 0 unspecified atom stereocenters. The lowest BCUT2D eigenvalue weighted by molar-refractivity contribution is -0.114. The van der Waals surface area contributed by atoms with Crippen molar-refractivity contribution in [3.63, 3.8) is 0 Å². The smallest absolute Gasteiger partial charge is 0.221 e. The average molecular weight is 179 g/mol. The topological polar surface area (TPSA) is 49.3 Å². The molecule has 0 aromatic heterocycles. The predicted octanol–water partition coefficient (Wildman–Crippen LogP) is 1.18. The van der Waals surface area contributed by atoms with Crippen LogP contribution in [0, 0.1) is 0 Å². The number of aliphatic hydroxyl groups is 1. The van der Waals surface area contributed by atoms with Gasteiger partial charge in [0.1, 0.15) is 0 Å². The highest BCUT2D eigenvalue weighted by Gasteiger charge is 1.96. The van der Waals surface area contributed by atoms with E-state index >= 15 is 0 Å². The molecule has 1 aromatic carbocycles. The molecule has 2 N–H and O–H groups in total. The maximum Gasteiger partial charge on any atom is 0.221 e. The van der Waals surface area contributed by atoms with E-state index < -0.39 is 0 Å². The maximum atomic E-state index is 10.7. The fourth-order valence-corrected chi connectivity index (χ4v) is 1.14. The number of nitrogens with one attached hydrogen (secondary N) is 1. The first-order chi connectivity index (χ1) is 6.22. The van der Waals surface area contributed by atoms with E-state index in [4.69, 9.17) is 5.11 Å². The molecule has 13 heavy (non-hydrogen) atoms. The van der Waals surface area contributed by atoms with Gasteiger partial charge in [0.15, 0.2) is 0 Å². The van der Waals surface area contributed by atoms with Crippen LogP contribution in [-0.4, -0.2) is 17.6 Å². The zero-order chi connectivity index (χ0) is 9.68. The molecule has 0 saturated carbocycles. The van der Waals surface area contributed by atoms with Crippen LogP contribution in [0.25, 0.3) is 0 Å². The van der Waals surface area contributed by atoms with E-state index in [1.807, 2.05) is 24.3 Å². The number of benzene rings is 1. The van der Waals surface area contributed by atoms with Gasteiger partial charge in [0.05, 0.1) is 0 Å². The highest BCUT2D eigenvalue weighted by Crippen LogP contribution is 2.10. The van der Waals surface area contributed by atoms with Crippen LogP contribution in [0.3, 0.4) is 0 Å². The van der Waals surface area contributed by atoms with Crippen LogP contribution in [0.15, 0.2) is 24.3 Å². The molecule has 0 aliphatic carbocycles. The quantitative estimate of drug-likeness (QED) is 0.732. The number of carbonyl (C=O) groups is 1. The second kappa shape index (κ2) is 4.62. The Morgan fingerprint density at radius 2 is 2.31 bits per heavy atom. The molecular weight excluding hydrogens is 166 g/mol. The lowest BCUT2D eigenvalue weighted by atomic mass is 10.1. The Morgan fingerprint density at radius 3 is 2.92 bits per heavy atom. The van der Waals surface area contributed by atoms with Gasteiger partial charge in [0.2, 0.25) is 5.91 Å². The Labute approximate surface area is 77.4 Å². The third-order valence-electron chi connectivity index (χ3n) is 1.65. The molecule has 0 aliphatic heterocycles. The van der Waals surface area contributed by atoms with Crippen LogP contribution in [0.1, 0.15) is 12.5 Å². The monoisotopic (exact) mass is 179 g/mol. The SMILES string of the molecule is CC(=O)Nc1cccc(CCO)c1. The lowest BCUT2D eigenvalue weighted by Crippen LogP contribution is -2.05. The Kier molecular flexibility index (Phi) is 3.46. The van der Waals surface area contributed by atoms with Crippen LogP contribution in [0.2, 0.25) is 0 Å². The number of carbonyl (C=O) groups excluding carboxylic acids is 1. The number of rotatable bonds is 3. The van der Waals surface area contributed by atoms with Gasteiger partial charge in [-0.15, -0.1) is 0 Å². The summed E-state index contributed by atoms with van der Waals surface area (Å²) in [6, 6.07) is 7.46. The number of anilines is 1. The van der Waals surface area contributed by atoms with Crippen molar-refractivity contribution in [1.29, 1.82) is 0 Å². The van der Waals surface area contributed by atoms with Gasteiger partial charge in [-0.1, -0.05) is 12.1 Å². The highest BCUT2D eigenvalue weighted by atomic mass is 16.2. The molecular formula is C10H13NO2. The van der Waals surface area contributed by atoms with Crippen molar-refractivity contribution < 1.29 is 9.90 Å². The summed E-state index contributed by atoms with van der Waals surface area (Å²) < 4.78 is 0. The van der Waals surface area contributed by atoms with E-state index in [1.54, 1.807) is 0 Å². The molecule has 0 aliphatic rings. The van der Waals surface area contributed by atoms with E-state index in [1.165, 1.54) is 6.92 Å². The number of hydrogen-bond donors (Lipinski definition) is 2. The van der Waals surface area contributed by atoms with E-state index in [0.29, 0.717) is 6.42 Å². The van der Waals surface area contributed by atoms with E-state index in [-0.39, 0.29) is 12.5 Å². The van der Waals surface area contributed by atoms with Crippen molar-refractivity contribution in [3.8, 4) is 0 Å². The summed E-state index contributed by atoms with van der Waals surface area (Å²) in [6.07, 6.45) is 0.618. The average Bonchev–Trinajstić information content (AvgIpc) is 2.04. The number of hydrogen-bond acceptors (Lipinski definition) is 2. The van der Waals surface area contributed by atoms with Gasteiger partial charge in [0, 0.05) is 19.2 Å². The summed E-state index contributed by atoms with van der Waals surface area (Å²) in [7, 11) is 0. The van der Waals surface area contributed by atoms with Gasteiger partial charge < -0.3 is 10.4 Å². The van der Waals surface area contributed by atoms with Crippen LogP contribution >= 0.6 is 0 Å². The lowest BCUT2D eigenvalue weighted by Gasteiger charge is -2.03. The molecule has 0 atom stereocenters. The molecule has 0 fully saturated rings. The fourth-order valence-electron chi connectivity index (χ4n) is 1.14. The molecule has 1 amide bonds. The summed E-state index contributed by atoms with van der Waals surface area (Å²) in [5, 5.41) is 11.4. The minimum atomic E-state index is -0.0823. The van der Waals surface area contributed by atoms with Crippen LogP contribution in [-0.2, 0) is 11.2 Å². The third-order valence-corrected chi connectivity index (χ3v) is 1.65. The predicted molar refractivity (Wildman–Crippen MR) is 51.5 cm³/mol. The Morgan fingerprint density at radius 1 is 1.54 bits per heavy atom. The first kappa shape index (κ1) is 9.74. The molecule has 1 rings (SSSR count). The van der Waals surface area contributed by atoms with E-state index in [2.05, 4.69) is 5.32 Å². The molecule has 0 bridgehead atoms. The highest BCUT2D eigenvalue weighted by molar-refractivity contribution is 5.88. The van der Waals surface area contributed by atoms with Gasteiger partial charge >= 0.3 is 0 Å². The number of amides is 1. The van der Waals surface area contributed by atoms with Gasteiger partial charge in [-0.3, -0.25) is 4.79 Å². The first-order valence-electron chi connectivity index (χ1n) is 4.20. The van der Waals surface area contributed by atoms with Crippen molar-refractivity contribution >= 4 is 11.6 Å². The van der Waals surface area contributed by atoms with E-state index in [9.17, 15) is 4.79 Å². The summed E-state index contributed by atoms with van der Waals surface area (Å²) in [4.78, 5) is 10.7. The normalized spacial score (nSPS) is 9.69. The molecule has 0 heterocycles. The Hall–Kier alpha value is -1.35. The van der Waals surface area contributed by atoms with Crippen molar-refractivity contribution in [2.24, 2.45) is 0 Å². The largest absolute Gasteiger partial charge is 0.396 e. The van der Waals surface area contributed by atoms with Gasteiger partial charge in [0.25, 0.3) is 0 Å². The number of aliphatic hydroxyl groups excluding tert-OH is 1. The molecule has 3 heteroatoms. The molecule has 70 valence electrons. The van der Waals surface area contributed by atoms with Gasteiger partial charge in [-0.2, -0.15) is 0 Å². The molecule has 0 spiro atoms. The molecule has 3 nitrogen and oxygen atoms in total. The molecule has 0 saturated heterocycles. The third kappa shape index (κ3) is 3.25. The fraction of sp³-hybridized carbons (Fsp3) is 0.300. The summed E-state index contributed by atoms with van der Waals surface area (Å²) >= 11 is 0. The second-order valence-corrected chi connectivity index (χ2v) is 2.86. The van der Waals surface area contributed by atoms with Gasteiger partial charge in [-0.25, -0.2) is 0 Å². The minimum Gasteiger partial charge on any atom is -0.396 e.